The highest BCUT2D eigenvalue weighted by molar-refractivity contribution is 6.33. The molecule has 1 N–H and O–H groups in total. The molecule has 2 heterocycles. The van der Waals surface area contributed by atoms with Gasteiger partial charge in [-0.1, -0.05) is 25.4 Å². The lowest BCUT2D eigenvalue weighted by molar-refractivity contribution is 0.0691. The van der Waals surface area contributed by atoms with Crippen molar-refractivity contribution >= 4 is 48.2 Å². The number of nitrogens with zero attached hydrogens (tertiary/aromatic N) is 3. The first-order valence-electron chi connectivity index (χ1n) is 7.12. The Labute approximate surface area is 154 Å². The molecule has 0 aliphatic carbocycles. The fourth-order valence-corrected chi connectivity index (χ4v) is 3.14. The average Bonchev–Trinajstić information content (AvgIpc) is 2.84. The van der Waals surface area contributed by atoms with Crippen molar-refractivity contribution in [2.75, 3.05) is 32.1 Å². The van der Waals surface area contributed by atoms with Crippen molar-refractivity contribution in [3.63, 3.8) is 0 Å². The van der Waals surface area contributed by atoms with E-state index in [1.165, 1.54) is 0 Å². The van der Waals surface area contributed by atoms with Crippen molar-refractivity contribution in [1.82, 2.24) is 9.88 Å². The molecule has 1 aromatic rings. The molecule has 5 nitrogen and oxygen atoms in total. The van der Waals surface area contributed by atoms with E-state index in [9.17, 15) is 4.79 Å². The SMILES string of the molecule is CC(C)[C@H]1CN(c2ccc(Cl)c(C(=O)O)n2)C[C@@H]1N(C)C.Cl.Cl. The first-order chi connectivity index (χ1) is 9.81. The van der Waals surface area contributed by atoms with Crippen LogP contribution in [0.15, 0.2) is 12.1 Å². The van der Waals surface area contributed by atoms with E-state index in [0.29, 0.717) is 23.7 Å². The predicted molar refractivity (Wildman–Crippen MR) is 98.7 cm³/mol. The van der Waals surface area contributed by atoms with Crippen LogP contribution in [0.5, 0.6) is 0 Å². The van der Waals surface area contributed by atoms with Gasteiger partial charge in [0.25, 0.3) is 0 Å². The quantitative estimate of drug-likeness (QED) is 0.863. The zero-order chi connectivity index (χ0) is 15.7. The summed E-state index contributed by atoms with van der Waals surface area (Å²) >= 11 is 5.89. The molecule has 132 valence electrons. The Kier molecular flexibility index (Phi) is 8.63. The number of hydrogen-bond acceptors (Lipinski definition) is 4. The van der Waals surface area contributed by atoms with E-state index in [1.54, 1.807) is 12.1 Å². The molecule has 8 heteroatoms. The number of halogens is 3. The summed E-state index contributed by atoms with van der Waals surface area (Å²) in [5.41, 5.74) is -0.0800. The van der Waals surface area contributed by atoms with Crippen molar-refractivity contribution < 1.29 is 9.90 Å². The summed E-state index contributed by atoms with van der Waals surface area (Å²) in [5, 5.41) is 9.32. The van der Waals surface area contributed by atoms with Crippen molar-refractivity contribution in [2.45, 2.75) is 19.9 Å². The number of anilines is 1. The third-order valence-corrected chi connectivity index (χ3v) is 4.52. The zero-order valence-electron chi connectivity index (χ0n) is 13.7. The van der Waals surface area contributed by atoms with Crippen LogP contribution in [0, 0.1) is 11.8 Å². The van der Waals surface area contributed by atoms with E-state index in [0.717, 1.165) is 13.1 Å². The van der Waals surface area contributed by atoms with Gasteiger partial charge >= 0.3 is 5.97 Å². The Balaban J connectivity index is 0.00000242. The van der Waals surface area contributed by atoms with Crippen molar-refractivity contribution in [3.8, 4) is 0 Å². The van der Waals surface area contributed by atoms with E-state index < -0.39 is 5.97 Å². The highest BCUT2D eigenvalue weighted by Gasteiger charge is 2.36. The van der Waals surface area contributed by atoms with E-state index in [2.05, 4.69) is 42.7 Å². The summed E-state index contributed by atoms with van der Waals surface area (Å²) in [6.45, 7) is 6.18. The summed E-state index contributed by atoms with van der Waals surface area (Å²) in [6.07, 6.45) is 0. The largest absolute Gasteiger partial charge is 0.476 e. The molecule has 2 rings (SSSR count). The Morgan fingerprint density at radius 1 is 1.35 bits per heavy atom. The van der Waals surface area contributed by atoms with Crippen LogP contribution >= 0.6 is 36.4 Å². The number of carboxylic acids is 1. The normalized spacial score (nSPS) is 20.4. The lowest BCUT2D eigenvalue weighted by atomic mass is 9.91. The maximum Gasteiger partial charge on any atom is 0.356 e. The monoisotopic (exact) mass is 383 g/mol. The van der Waals surface area contributed by atoms with Gasteiger partial charge in [0.2, 0.25) is 0 Å². The fraction of sp³-hybridized carbons (Fsp3) is 0.600. The second-order valence-electron chi connectivity index (χ2n) is 6.15. The second kappa shape index (κ2) is 8.92. The lowest BCUT2D eigenvalue weighted by Gasteiger charge is -2.27. The maximum absolute atomic E-state index is 11.2. The highest BCUT2D eigenvalue weighted by Crippen LogP contribution is 2.31. The fourth-order valence-electron chi connectivity index (χ4n) is 2.96. The van der Waals surface area contributed by atoms with Crippen LogP contribution in [0.2, 0.25) is 5.02 Å². The Hall–Kier alpha value is -0.750. The van der Waals surface area contributed by atoms with Crippen LogP contribution in [0.4, 0.5) is 5.82 Å². The van der Waals surface area contributed by atoms with Crippen molar-refractivity contribution in [2.24, 2.45) is 11.8 Å². The van der Waals surface area contributed by atoms with Gasteiger partial charge in [-0.05, 0) is 38.1 Å². The average molecular weight is 385 g/mol. The van der Waals surface area contributed by atoms with Crippen LogP contribution in [0.25, 0.3) is 0 Å². The summed E-state index contributed by atoms with van der Waals surface area (Å²) < 4.78 is 0. The molecule has 1 aliphatic rings. The number of aromatic nitrogens is 1. The van der Waals surface area contributed by atoms with Gasteiger partial charge in [0.1, 0.15) is 5.82 Å². The number of pyridine rings is 1. The minimum absolute atomic E-state index is 0. The van der Waals surface area contributed by atoms with Crippen LogP contribution in [0.3, 0.4) is 0 Å². The summed E-state index contributed by atoms with van der Waals surface area (Å²) in [6, 6.07) is 3.85. The van der Waals surface area contributed by atoms with Gasteiger partial charge in [0, 0.05) is 19.1 Å². The number of rotatable bonds is 4. The molecule has 1 saturated heterocycles. The molecule has 1 aliphatic heterocycles. The zero-order valence-corrected chi connectivity index (χ0v) is 16.1. The van der Waals surface area contributed by atoms with Gasteiger partial charge in [-0.15, -0.1) is 24.8 Å². The molecule has 23 heavy (non-hydrogen) atoms. The van der Waals surface area contributed by atoms with Gasteiger partial charge in [0.15, 0.2) is 5.69 Å². The van der Waals surface area contributed by atoms with E-state index in [4.69, 9.17) is 16.7 Å². The van der Waals surface area contributed by atoms with Crippen LogP contribution in [-0.2, 0) is 0 Å². The Bertz CT molecular complexity index is 525. The minimum Gasteiger partial charge on any atom is -0.476 e. The number of likely N-dealkylation sites (N-methyl/N-ethyl adjacent to an activating group) is 1. The van der Waals surface area contributed by atoms with Gasteiger partial charge < -0.3 is 14.9 Å². The second-order valence-corrected chi connectivity index (χ2v) is 6.56. The molecular weight excluding hydrogens is 361 g/mol. The van der Waals surface area contributed by atoms with Gasteiger partial charge in [0.05, 0.1) is 5.02 Å². The molecule has 1 aromatic heterocycles. The summed E-state index contributed by atoms with van der Waals surface area (Å²) in [4.78, 5) is 19.8. The van der Waals surface area contributed by atoms with E-state index in [-0.39, 0.29) is 35.5 Å². The maximum atomic E-state index is 11.2. The first-order valence-corrected chi connectivity index (χ1v) is 7.50. The molecule has 0 spiro atoms. The van der Waals surface area contributed by atoms with Crippen LogP contribution in [0.1, 0.15) is 24.3 Å². The highest BCUT2D eigenvalue weighted by atomic mass is 35.5. The molecule has 0 unspecified atom stereocenters. The van der Waals surface area contributed by atoms with E-state index in [1.807, 2.05) is 0 Å². The number of hydrogen-bond donors (Lipinski definition) is 1. The third kappa shape index (κ3) is 4.86. The molecule has 0 radical (unpaired) electrons. The van der Waals surface area contributed by atoms with Crippen molar-refractivity contribution in [3.05, 3.63) is 22.8 Å². The minimum atomic E-state index is -1.09. The molecular formula is C15H24Cl3N3O2. The molecule has 1 fully saturated rings. The standard InChI is InChI=1S/C15H22ClN3O2.2ClH/c1-9(2)10-7-19(8-12(10)18(3)4)13-6-5-11(16)14(17-13)15(20)21;;/h5-6,9-10,12H,7-8H2,1-4H3,(H,20,21);2*1H/t10-,12+;;/m1../s1. The summed E-state index contributed by atoms with van der Waals surface area (Å²) in [7, 11) is 4.17. The predicted octanol–water partition coefficient (Wildman–Crippen LogP) is 3.30. The third-order valence-electron chi connectivity index (χ3n) is 4.21. The Morgan fingerprint density at radius 2 is 1.96 bits per heavy atom. The van der Waals surface area contributed by atoms with Gasteiger partial charge in [-0.25, -0.2) is 9.78 Å². The van der Waals surface area contributed by atoms with Gasteiger partial charge in [-0.3, -0.25) is 0 Å². The van der Waals surface area contributed by atoms with Crippen LogP contribution < -0.4 is 4.90 Å². The molecule has 0 aromatic carbocycles. The first kappa shape index (κ1) is 22.2. The lowest BCUT2D eigenvalue weighted by Crippen LogP contribution is -2.37. The summed E-state index contributed by atoms with van der Waals surface area (Å²) in [5.74, 6) is 0.691. The topological polar surface area (TPSA) is 56.7 Å². The number of carboxylic acid groups (broad SMARTS) is 1. The molecule has 0 bridgehead atoms. The van der Waals surface area contributed by atoms with Gasteiger partial charge in [-0.2, -0.15) is 0 Å². The molecule has 0 saturated carbocycles. The Morgan fingerprint density at radius 3 is 2.39 bits per heavy atom. The number of carbonyl (C=O) groups is 1. The molecule has 0 amide bonds. The van der Waals surface area contributed by atoms with Crippen molar-refractivity contribution in [1.29, 1.82) is 0 Å². The smallest absolute Gasteiger partial charge is 0.356 e. The van der Waals surface area contributed by atoms with Crippen LogP contribution in [-0.4, -0.2) is 54.2 Å². The van der Waals surface area contributed by atoms with E-state index >= 15 is 0 Å². The number of aromatic carboxylic acids is 1. The molecule has 2 atom stereocenters.